The average molecular weight is 641 g/mol. The van der Waals surface area contributed by atoms with Crippen molar-refractivity contribution in [1.29, 1.82) is 0 Å². The molecular formula is C33H36Cl2FN5O3. The molecule has 1 saturated heterocycles. The van der Waals surface area contributed by atoms with Crippen molar-refractivity contribution < 1.29 is 18.4 Å². The molecule has 3 heterocycles. The first-order valence-electron chi connectivity index (χ1n) is 15.4. The molecule has 0 bridgehead atoms. The molecule has 4 aliphatic rings. The van der Waals surface area contributed by atoms with Crippen LogP contribution in [0.3, 0.4) is 0 Å². The molecule has 3 atom stereocenters. The Bertz CT molecular complexity index is 1600. The van der Waals surface area contributed by atoms with Crippen LogP contribution in [0, 0.1) is 11.2 Å². The van der Waals surface area contributed by atoms with Crippen LogP contribution in [0.1, 0.15) is 94.1 Å². The van der Waals surface area contributed by atoms with Gasteiger partial charge in [0.15, 0.2) is 0 Å². The molecular weight excluding hydrogens is 604 g/mol. The standard InChI is InChI=1S/C33H36Cl2FN5O3/c1-31(2)12-14-32(15-13-31)33(22-11-8-19(34)16-24(22)39-30(33)43)25(21-4-3-5-23(35)26(21)36)27(40-32)28(42)38-20-9-6-18(7-10-20)29-41-37-17-44-29/h3-5,8,11,16-18,20,25,27,40H,6-7,9-10,12-15H2,1-2H3,(H,38,42)(H,39,43)/t18-,20-,25-,27+,33+/m0/s1. The number of anilines is 1. The number of nitrogens with one attached hydrogen (secondary N) is 3. The summed E-state index contributed by atoms with van der Waals surface area (Å²) in [4.78, 5) is 29.0. The molecule has 0 unspecified atom stereocenters. The van der Waals surface area contributed by atoms with Crippen LogP contribution in [0.4, 0.5) is 10.1 Å². The van der Waals surface area contributed by atoms with E-state index < -0.39 is 28.7 Å². The largest absolute Gasteiger partial charge is 0.428 e. The average Bonchev–Trinajstić information content (AvgIpc) is 3.70. The van der Waals surface area contributed by atoms with Crippen molar-refractivity contribution >= 4 is 40.7 Å². The second-order valence-corrected chi connectivity index (χ2v) is 14.6. The molecule has 2 saturated carbocycles. The smallest absolute Gasteiger partial charge is 0.238 e. The molecule has 2 amide bonds. The van der Waals surface area contributed by atoms with Gasteiger partial charge in [-0.25, -0.2) is 4.39 Å². The second-order valence-electron chi connectivity index (χ2n) is 13.8. The lowest BCUT2D eigenvalue weighted by atomic mass is 9.53. The lowest BCUT2D eigenvalue weighted by Crippen LogP contribution is -2.61. The van der Waals surface area contributed by atoms with Gasteiger partial charge in [-0.2, -0.15) is 0 Å². The Morgan fingerprint density at radius 3 is 2.52 bits per heavy atom. The van der Waals surface area contributed by atoms with Crippen molar-refractivity contribution in [3.63, 3.8) is 0 Å². The molecule has 0 radical (unpaired) electrons. The van der Waals surface area contributed by atoms with Gasteiger partial charge in [0.05, 0.1) is 11.1 Å². The van der Waals surface area contributed by atoms with Crippen LogP contribution < -0.4 is 16.0 Å². The highest BCUT2D eigenvalue weighted by atomic mass is 35.5. The van der Waals surface area contributed by atoms with Crippen molar-refractivity contribution in [3.05, 3.63) is 75.7 Å². The summed E-state index contributed by atoms with van der Waals surface area (Å²) in [6.45, 7) is 4.46. The van der Waals surface area contributed by atoms with Gasteiger partial charge in [-0.15, -0.1) is 10.2 Å². The Kier molecular flexibility index (Phi) is 7.29. The maximum atomic E-state index is 16.1. The number of halogens is 3. The topological polar surface area (TPSA) is 109 Å². The number of hydrogen-bond donors (Lipinski definition) is 3. The molecule has 11 heteroatoms. The third-order valence-corrected chi connectivity index (χ3v) is 11.4. The van der Waals surface area contributed by atoms with Crippen molar-refractivity contribution in [2.24, 2.45) is 5.41 Å². The molecule has 3 fully saturated rings. The number of aromatic nitrogens is 2. The van der Waals surface area contributed by atoms with Crippen molar-refractivity contribution in [2.45, 2.75) is 100 Å². The number of nitrogens with zero attached hydrogens (tertiary/aromatic N) is 2. The van der Waals surface area contributed by atoms with E-state index in [1.165, 1.54) is 12.5 Å². The number of rotatable bonds is 4. The van der Waals surface area contributed by atoms with Crippen LogP contribution in [0.25, 0.3) is 0 Å². The normalized spacial score (nSPS) is 30.3. The van der Waals surface area contributed by atoms with E-state index in [-0.39, 0.29) is 39.8 Å². The summed E-state index contributed by atoms with van der Waals surface area (Å²) in [5.74, 6) is -1.18. The van der Waals surface area contributed by atoms with Gasteiger partial charge in [0.2, 0.25) is 24.1 Å². The predicted molar refractivity (Wildman–Crippen MR) is 165 cm³/mol. The lowest BCUT2D eigenvalue weighted by molar-refractivity contribution is -0.125. The van der Waals surface area contributed by atoms with E-state index in [1.54, 1.807) is 24.3 Å². The number of carbonyl (C=O) groups is 2. The molecule has 2 aromatic carbocycles. The highest BCUT2D eigenvalue weighted by molar-refractivity contribution is 6.31. The van der Waals surface area contributed by atoms with E-state index in [0.29, 0.717) is 29.4 Å². The number of carbonyl (C=O) groups excluding carboxylic acids is 2. The SMILES string of the molecule is CC1(C)CCC2(CC1)N[C@@H](C(=O)N[C@H]1CC[C@H](c3nnco3)CC1)[C@H](c1cccc(Cl)c1F)[C@]21C(=O)Nc2cc(Cl)ccc21. The van der Waals surface area contributed by atoms with Crippen LogP contribution in [0.2, 0.25) is 10.0 Å². The summed E-state index contributed by atoms with van der Waals surface area (Å²) in [7, 11) is 0. The van der Waals surface area contributed by atoms with Crippen LogP contribution in [-0.2, 0) is 15.0 Å². The zero-order valence-electron chi connectivity index (χ0n) is 24.8. The van der Waals surface area contributed by atoms with Crippen molar-refractivity contribution in [1.82, 2.24) is 20.8 Å². The fraction of sp³-hybridized carbons (Fsp3) is 0.515. The van der Waals surface area contributed by atoms with Crippen LogP contribution in [-0.4, -0.2) is 39.6 Å². The van der Waals surface area contributed by atoms with E-state index in [2.05, 4.69) is 40.0 Å². The third-order valence-electron chi connectivity index (χ3n) is 10.9. The summed E-state index contributed by atoms with van der Waals surface area (Å²) >= 11 is 12.8. The Morgan fingerprint density at radius 1 is 1.07 bits per heavy atom. The van der Waals surface area contributed by atoms with E-state index in [1.807, 2.05) is 6.07 Å². The fourth-order valence-corrected chi connectivity index (χ4v) is 8.91. The Morgan fingerprint density at radius 2 is 1.82 bits per heavy atom. The Balaban J connectivity index is 1.31. The first-order valence-corrected chi connectivity index (χ1v) is 16.2. The van der Waals surface area contributed by atoms with Crippen LogP contribution in [0.5, 0.6) is 0 Å². The van der Waals surface area contributed by atoms with Crippen molar-refractivity contribution in [3.8, 4) is 0 Å². The Hall–Kier alpha value is -3.01. The van der Waals surface area contributed by atoms with Crippen LogP contribution in [0.15, 0.2) is 47.2 Å². The number of amides is 2. The molecule has 3 aromatic rings. The predicted octanol–water partition coefficient (Wildman–Crippen LogP) is 6.64. The molecule has 7 rings (SSSR count). The van der Waals surface area contributed by atoms with Gasteiger partial charge in [-0.05, 0) is 86.1 Å². The maximum Gasteiger partial charge on any atom is 0.238 e. The lowest BCUT2D eigenvalue weighted by Gasteiger charge is -2.50. The zero-order chi connectivity index (χ0) is 30.9. The first-order chi connectivity index (χ1) is 21.0. The first kappa shape index (κ1) is 29.7. The summed E-state index contributed by atoms with van der Waals surface area (Å²) < 4.78 is 21.6. The van der Waals surface area contributed by atoms with E-state index in [4.69, 9.17) is 27.6 Å². The van der Waals surface area contributed by atoms with Gasteiger partial charge in [0, 0.05) is 34.1 Å². The van der Waals surface area contributed by atoms with Gasteiger partial charge >= 0.3 is 0 Å². The number of benzene rings is 2. The van der Waals surface area contributed by atoms with E-state index in [9.17, 15) is 9.59 Å². The molecule has 8 nitrogen and oxygen atoms in total. The van der Waals surface area contributed by atoms with Gasteiger partial charge in [-0.3, -0.25) is 14.9 Å². The fourth-order valence-electron chi connectivity index (χ4n) is 8.55. The second kappa shape index (κ2) is 10.8. The molecule has 44 heavy (non-hydrogen) atoms. The van der Waals surface area contributed by atoms with Crippen LogP contribution >= 0.6 is 23.2 Å². The highest BCUT2D eigenvalue weighted by Crippen LogP contribution is 2.64. The maximum absolute atomic E-state index is 16.1. The van der Waals surface area contributed by atoms with Gasteiger partial charge in [-0.1, -0.05) is 55.2 Å². The van der Waals surface area contributed by atoms with Gasteiger partial charge < -0.3 is 15.1 Å². The monoisotopic (exact) mass is 639 g/mol. The molecule has 2 spiro atoms. The van der Waals surface area contributed by atoms with Crippen molar-refractivity contribution in [2.75, 3.05) is 5.32 Å². The Labute approximate surface area is 265 Å². The van der Waals surface area contributed by atoms with E-state index >= 15 is 4.39 Å². The zero-order valence-corrected chi connectivity index (χ0v) is 26.3. The minimum atomic E-state index is -1.27. The number of fused-ring (bicyclic) bond motifs is 3. The quantitative estimate of drug-likeness (QED) is 0.295. The minimum Gasteiger partial charge on any atom is -0.428 e. The van der Waals surface area contributed by atoms with Gasteiger partial charge in [0.25, 0.3) is 0 Å². The molecule has 232 valence electrons. The molecule has 2 aliphatic carbocycles. The molecule has 3 N–H and O–H groups in total. The third kappa shape index (κ3) is 4.57. The number of hydrogen-bond acceptors (Lipinski definition) is 6. The van der Waals surface area contributed by atoms with E-state index in [0.717, 1.165) is 44.1 Å². The summed E-state index contributed by atoms with van der Waals surface area (Å²) in [5, 5.41) is 18.4. The summed E-state index contributed by atoms with van der Waals surface area (Å²) in [6.07, 6.45) is 7.41. The molecule has 2 aliphatic heterocycles. The highest BCUT2D eigenvalue weighted by Gasteiger charge is 2.73. The minimum absolute atomic E-state index is 0.0448. The van der Waals surface area contributed by atoms with Gasteiger partial charge in [0.1, 0.15) is 11.2 Å². The summed E-state index contributed by atoms with van der Waals surface area (Å²) in [5.41, 5.74) is -0.416. The summed E-state index contributed by atoms with van der Waals surface area (Å²) in [6, 6.07) is 9.26. The molecule has 1 aromatic heterocycles.